The Bertz CT molecular complexity index is 389. The number of alkyl halides is 3. The average molecular weight is 322 g/mol. The maximum Gasteiger partial charge on any atom is 0.389 e. The Labute approximate surface area is 129 Å². The van der Waals surface area contributed by atoms with Crippen molar-refractivity contribution >= 4 is 5.91 Å². The molecule has 2 aliphatic heterocycles. The second-order valence-electron chi connectivity index (χ2n) is 6.41. The average Bonchev–Trinajstić information content (AvgIpc) is 2.84. The van der Waals surface area contributed by atoms with Crippen LogP contribution in [-0.2, 0) is 9.53 Å². The van der Waals surface area contributed by atoms with E-state index in [2.05, 4.69) is 0 Å². The molecule has 0 radical (unpaired) electrons. The Balaban J connectivity index is 1.85. The number of piperidine rings is 1. The minimum absolute atomic E-state index is 0.112. The molecule has 2 fully saturated rings. The number of ether oxygens (including phenoxy) is 1. The minimum Gasteiger partial charge on any atom is -0.383 e. The third-order valence-electron chi connectivity index (χ3n) is 4.76. The Morgan fingerprint density at radius 2 is 2.00 bits per heavy atom. The van der Waals surface area contributed by atoms with E-state index in [1.165, 1.54) is 0 Å². The normalized spacial score (nSPS) is 27.1. The second-order valence-corrected chi connectivity index (χ2v) is 6.41. The maximum atomic E-state index is 12.7. The van der Waals surface area contributed by atoms with Crippen LogP contribution in [-0.4, -0.2) is 68.3 Å². The van der Waals surface area contributed by atoms with Crippen molar-refractivity contribution < 1.29 is 22.7 Å². The van der Waals surface area contributed by atoms with E-state index in [1.807, 2.05) is 9.80 Å². The molecule has 2 heterocycles. The summed E-state index contributed by atoms with van der Waals surface area (Å²) in [5.74, 6) is 0.161. The van der Waals surface area contributed by atoms with Crippen molar-refractivity contribution in [2.45, 2.75) is 38.3 Å². The van der Waals surface area contributed by atoms with E-state index in [0.29, 0.717) is 26.2 Å². The highest BCUT2D eigenvalue weighted by Crippen LogP contribution is 2.40. The molecule has 22 heavy (non-hydrogen) atoms. The van der Waals surface area contributed by atoms with E-state index in [4.69, 9.17) is 4.74 Å². The molecule has 2 rings (SSSR count). The van der Waals surface area contributed by atoms with Crippen LogP contribution < -0.4 is 0 Å². The molecule has 1 amide bonds. The molecule has 0 saturated carbocycles. The van der Waals surface area contributed by atoms with Gasteiger partial charge in [0, 0.05) is 33.2 Å². The summed E-state index contributed by atoms with van der Waals surface area (Å²) in [6.45, 7) is 3.64. The first kappa shape index (κ1) is 17.5. The number of amides is 1. The molecule has 0 N–H and O–H groups in total. The zero-order valence-electron chi connectivity index (χ0n) is 13.1. The molecule has 7 heteroatoms. The minimum atomic E-state index is -4.09. The van der Waals surface area contributed by atoms with Gasteiger partial charge >= 0.3 is 6.18 Å². The van der Waals surface area contributed by atoms with Crippen LogP contribution >= 0.6 is 0 Å². The lowest BCUT2D eigenvalue weighted by atomic mass is 9.78. The SMILES string of the molecule is COCCN1CCCC2(CCN(CCCC(F)(F)F)C2)C1=O. The van der Waals surface area contributed by atoms with Crippen LogP contribution in [0.4, 0.5) is 13.2 Å². The summed E-state index contributed by atoms with van der Waals surface area (Å²) in [6, 6.07) is 0. The molecule has 0 aromatic carbocycles. The van der Waals surface area contributed by atoms with Crippen LogP contribution in [0, 0.1) is 5.41 Å². The number of rotatable bonds is 6. The summed E-state index contributed by atoms with van der Waals surface area (Å²) in [5, 5.41) is 0. The zero-order chi connectivity index (χ0) is 16.2. The predicted molar refractivity (Wildman–Crippen MR) is 76.5 cm³/mol. The number of carbonyl (C=O) groups is 1. The molecule has 0 aromatic heterocycles. The van der Waals surface area contributed by atoms with Crippen LogP contribution in [0.5, 0.6) is 0 Å². The quantitative estimate of drug-likeness (QED) is 0.752. The van der Waals surface area contributed by atoms with Gasteiger partial charge in [0.05, 0.1) is 12.0 Å². The van der Waals surface area contributed by atoms with E-state index in [-0.39, 0.29) is 17.7 Å². The van der Waals surface area contributed by atoms with Crippen LogP contribution in [0.25, 0.3) is 0 Å². The van der Waals surface area contributed by atoms with E-state index < -0.39 is 12.6 Å². The number of methoxy groups -OCH3 is 1. The first-order valence-corrected chi connectivity index (χ1v) is 7.94. The lowest BCUT2D eigenvalue weighted by Gasteiger charge is -2.39. The summed E-state index contributed by atoms with van der Waals surface area (Å²) in [7, 11) is 1.61. The highest BCUT2D eigenvalue weighted by Gasteiger charge is 2.48. The standard InChI is InChI=1S/C15H25F3N2O2/c1-22-11-10-20-8-2-4-14(13(20)21)6-9-19(12-14)7-3-5-15(16,17)18/h2-12H2,1H3. The Hall–Kier alpha value is -0.820. The molecule has 2 saturated heterocycles. The molecular formula is C15H25F3N2O2. The van der Waals surface area contributed by atoms with Gasteiger partial charge in [-0.3, -0.25) is 4.79 Å². The lowest BCUT2D eigenvalue weighted by molar-refractivity contribution is -0.146. The number of halogens is 3. The zero-order valence-corrected chi connectivity index (χ0v) is 13.1. The molecular weight excluding hydrogens is 297 g/mol. The van der Waals surface area contributed by atoms with Gasteiger partial charge in [-0.1, -0.05) is 0 Å². The van der Waals surface area contributed by atoms with Crippen molar-refractivity contribution in [3.8, 4) is 0 Å². The van der Waals surface area contributed by atoms with Gasteiger partial charge in [-0.2, -0.15) is 13.2 Å². The molecule has 0 aliphatic carbocycles. The fourth-order valence-electron chi connectivity index (χ4n) is 3.60. The number of hydrogen-bond donors (Lipinski definition) is 0. The number of likely N-dealkylation sites (tertiary alicyclic amines) is 2. The molecule has 1 spiro atoms. The van der Waals surface area contributed by atoms with Crippen molar-refractivity contribution in [3.05, 3.63) is 0 Å². The van der Waals surface area contributed by atoms with Crippen LogP contribution in [0.1, 0.15) is 32.1 Å². The highest BCUT2D eigenvalue weighted by atomic mass is 19.4. The smallest absolute Gasteiger partial charge is 0.383 e. The molecule has 1 unspecified atom stereocenters. The third-order valence-corrected chi connectivity index (χ3v) is 4.76. The molecule has 0 aromatic rings. The maximum absolute atomic E-state index is 12.7. The van der Waals surface area contributed by atoms with Gasteiger partial charge in [0.2, 0.25) is 5.91 Å². The van der Waals surface area contributed by atoms with Crippen molar-refractivity contribution in [2.75, 3.05) is 46.4 Å². The predicted octanol–water partition coefficient (Wildman–Crippen LogP) is 2.29. The molecule has 2 aliphatic rings. The summed E-state index contributed by atoms with van der Waals surface area (Å²) in [6.07, 6.45) is -2.14. The summed E-state index contributed by atoms with van der Waals surface area (Å²) in [5.41, 5.74) is -0.371. The van der Waals surface area contributed by atoms with Crippen molar-refractivity contribution in [1.82, 2.24) is 9.80 Å². The molecule has 0 bridgehead atoms. The van der Waals surface area contributed by atoms with Crippen LogP contribution in [0.15, 0.2) is 0 Å². The Morgan fingerprint density at radius 3 is 2.68 bits per heavy atom. The largest absolute Gasteiger partial charge is 0.389 e. The van der Waals surface area contributed by atoms with E-state index >= 15 is 0 Å². The molecule has 4 nitrogen and oxygen atoms in total. The van der Waals surface area contributed by atoms with Gasteiger partial charge in [-0.05, 0) is 38.8 Å². The fraction of sp³-hybridized carbons (Fsp3) is 0.933. The first-order chi connectivity index (χ1) is 10.4. The fourth-order valence-corrected chi connectivity index (χ4v) is 3.60. The number of carbonyl (C=O) groups excluding carboxylic acids is 1. The van der Waals surface area contributed by atoms with Gasteiger partial charge in [-0.15, -0.1) is 0 Å². The summed E-state index contributed by atoms with van der Waals surface area (Å²) < 4.78 is 41.7. The van der Waals surface area contributed by atoms with E-state index in [1.54, 1.807) is 7.11 Å². The van der Waals surface area contributed by atoms with Gasteiger partial charge in [0.25, 0.3) is 0 Å². The highest BCUT2D eigenvalue weighted by molar-refractivity contribution is 5.84. The van der Waals surface area contributed by atoms with Crippen molar-refractivity contribution in [1.29, 1.82) is 0 Å². The monoisotopic (exact) mass is 322 g/mol. The molecule has 1 atom stereocenters. The third kappa shape index (κ3) is 4.35. The lowest BCUT2D eigenvalue weighted by Crippen LogP contribution is -2.50. The number of nitrogens with zero attached hydrogens (tertiary/aromatic N) is 2. The topological polar surface area (TPSA) is 32.8 Å². The Kier molecular flexibility index (Phi) is 5.71. The summed E-state index contributed by atoms with van der Waals surface area (Å²) >= 11 is 0. The molecule has 128 valence electrons. The Morgan fingerprint density at radius 1 is 1.23 bits per heavy atom. The van der Waals surface area contributed by atoms with E-state index in [0.717, 1.165) is 32.4 Å². The number of hydrogen-bond acceptors (Lipinski definition) is 3. The van der Waals surface area contributed by atoms with Gasteiger partial charge in [0.1, 0.15) is 0 Å². The van der Waals surface area contributed by atoms with Crippen molar-refractivity contribution in [2.24, 2.45) is 5.41 Å². The first-order valence-electron chi connectivity index (χ1n) is 7.94. The van der Waals surface area contributed by atoms with E-state index in [9.17, 15) is 18.0 Å². The van der Waals surface area contributed by atoms with Gasteiger partial charge in [-0.25, -0.2) is 0 Å². The van der Waals surface area contributed by atoms with Crippen molar-refractivity contribution in [3.63, 3.8) is 0 Å². The second kappa shape index (κ2) is 7.17. The summed E-state index contributed by atoms with van der Waals surface area (Å²) in [4.78, 5) is 16.6. The van der Waals surface area contributed by atoms with Crippen LogP contribution in [0.2, 0.25) is 0 Å². The van der Waals surface area contributed by atoms with Gasteiger partial charge in [0.15, 0.2) is 0 Å². The van der Waals surface area contributed by atoms with Gasteiger partial charge < -0.3 is 14.5 Å². The van der Waals surface area contributed by atoms with Crippen LogP contribution in [0.3, 0.4) is 0 Å².